The summed E-state index contributed by atoms with van der Waals surface area (Å²) in [6.07, 6.45) is 4.34. The molecule has 1 N–H and O–H groups in total. The topological polar surface area (TPSA) is 77.2 Å². The van der Waals surface area contributed by atoms with Gasteiger partial charge in [-0.15, -0.1) is 10.2 Å². The highest BCUT2D eigenvalue weighted by Crippen LogP contribution is 2.43. The third kappa shape index (κ3) is 2.69. The molecule has 2 fully saturated rings. The van der Waals surface area contributed by atoms with E-state index in [2.05, 4.69) is 21.7 Å². The van der Waals surface area contributed by atoms with Gasteiger partial charge in [0.05, 0.1) is 17.9 Å². The summed E-state index contributed by atoms with van der Waals surface area (Å²) in [6, 6.07) is 0. The van der Waals surface area contributed by atoms with Gasteiger partial charge >= 0.3 is 5.97 Å². The number of carboxylic acids is 1. The summed E-state index contributed by atoms with van der Waals surface area (Å²) >= 11 is 1.25. The van der Waals surface area contributed by atoms with Gasteiger partial charge in [0.15, 0.2) is 5.16 Å². The van der Waals surface area contributed by atoms with Crippen LogP contribution in [0.15, 0.2) is 5.16 Å². The van der Waals surface area contributed by atoms with Gasteiger partial charge in [0.25, 0.3) is 0 Å². The van der Waals surface area contributed by atoms with Gasteiger partial charge in [0.2, 0.25) is 0 Å². The van der Waals surface area contributed by atoms with Crippen molar-refractivity contribution < 1.29 is 14.6 Å². The number of thioether (sulfide) groups is 1. The Bertz CT molecular complexity index is 507. The molecule has 1 aliphatic carbocycles. The minimum absolute atomic E-state index is 0.0136. The minimum Gasteiger partial charge on any atom is -0.481 e. The normalized spacial score (nSPS) is 26.6. The molecule has 110 valence electrons. The van der Waals surface area contributed by atoms with Crippen LogP contribution >= 0.6 is 11.8 Å². The smallest absolute Gasteiger partial charge is 0.313 e. The van der Waals surface area contributed by atoms with E-state index < -0.39 is 5.97 Å². The van der Waals surface area contributed by atoms with E-state index in [1.807, 2.05) is 0 Å². The Morgan fingerprint density at radius 3 is 2.95 bits per heavy atom. The lowest BCUT2D eigenvalue weighted by Crippen LogP contribution is -2.40. The van der Waals surface area contributed by atoms with Gasteiger partial charge in [-0.2, -0.15) is 0 Å². The van der Waals surface area contributed by atoms with Crippen LogP contribution in [0, 0.1) is 0 Å². The first-order valence-corrected chi connectivity index (χ1v) is 7.97. The van der Waals surface area contributed by atoms with E-state index in [1.165, 1.54) is 11.8 Å². The second kappa shape index (κ2) is 5.37. The van der Waals surface area contributed by atoms with Crippen LogP contribution in [0.1, 0.15) is 44.3 Å². The molecule has 1 saturated carbocycles. The zero-order valence-electron chi connectivity index (χ0n) is 11.5. The van der Waals surface area contributed by atoms with Gasteiger partial charge < -0.3 is 9.84 Å². The predicted molar refractivity (Wildman–Crippen MR) is 74.1 cm³/mol. The van der Waals surface area contributed by atoms with E-state index in [0.717, 1.165) is 38.1 Å². The van der Waals surface area contributed by atoms with Gasteiger partial charge in [-0.1, -0.05) is 11.8 Å². The summed E-state index contributed by atoms with van der Waals surface area (Å²) in [4.78, 5) is 10.8. The molecule has 1 saturated heterocycles. The van der Waals surface area contributed by atoms with Crippen LogP contribution in [0.25, 0.3) is 0 Å². The number of carbonyl (C=O) groups is 1. The van der Waals surface area contributed by atoms with Crippen molar-refractivity contribution in [2.45, 2.75) is 49.2 Å². The standard InChI is InChI=1S/C13H19N3O3S/c1-13(5-2-6-19-8-13)16-11(9-3-4-9)14-15-12(16)20-7-10(17)18/h9H,2-8H2,1H3,(H,17,18). The van der Waals surface area contributed by atoms with Crippen LogP contribution < -0.4 is 0 Å². The van der Waals surface area contributed by atoms with E-state index in [9.17, 15) is 4.79 Å². The summed E-state index contributed by atoms with van der Waals surface area (Å²) in [7, 11) is 0. The van der Waals surface area contributed by atoms with Crippen molar-refractivity contribution in [1.82, 2.24) is 14.8 Å². The molecular formula is C13H19N3O3S. The summed E-state index contributed by atoms with van der Waals surface area (Å²) in [5.41, 5.74) is -0.152. The SMILES string of the molecule is CC1(n2c(SCC(=O)O)nnc2C2CC2)CCCOC1. The fourth-order valence-corrected chi connectivity index (χ4v) is 3.50. The Balaban J connectivity index is 1.92. The quantitative estimate of drug-likeness (QED) is 0.836. The van der Waals surface area contributed by atoms with E-state index >= 15 is 0 Å². The maximum Gasteiger partial charge on any atom is 0.313 e. The molecule has 20 heavy (non-hydrogen) atoms. The first kappa shape index (κ1) is 13.9. The number of ether oxygens (including phenoxy) is 1. The van der Waals surface area contributed by atoms with Crippen molar-refractivity contribution in [3.8, 4) is 0 Å². The number of aliphatic carboxylic acids is 1. The summed E-state index contributed by atoms with van der Waals surface area (Å²) < 4.78 is 7.79. The van der Waals surface area contributed by atoms with Crippen molar-refractivity contribution in [3.63, 3.8) is 0 Å². The van der Waals surface area contributed by atoms with Crippen LogP contribution in [0.5, 0.6) is 0 Å². The van der Waals surface area contributed by atoms with Crippen LogP contribution in [-0.2, 0) is 15.1 Å². The summed E-state index contributed by atoms with van der Waals surface area (Å²) in [5.74, 6) is 0.675. The molecule has 1 unspecified atom stereocenters. The molecule has 0 aromatic carbocycles. The molecule has 3 rings (SSSR count). The molecule has 0 spiro atoms. The fourth-order valence-electron chi connectivity index (χ4n) is 2.71. The second-order valence-corrected chi connectivity index (χ2v) is 6.73. The van der Waals surface area contributed by atoms with Gasteiger partial charge in [0.1, 0.15) is 5.82 Å². The van der Waals surface area contributed by atoms with Crippen molar-refractivity contribution in [1.29, 1.82) is 0 Å². The van der Waals surface area contributed by atoms with Crippen LogP contribution in [0.4, 0.5) is 0 Å². The van der Waals surface area contributed by atoms with Crippen molar-refractivity contribution in [3.05, 3.63) is 5.82 Å². The highest BCUT2D eigenvalue weighted by molar-refractivity contribution is 7.99. The molecule has 6 nitrogen and oxygen atoms in total. The molecule has 0 radical (unpaired) electrons. The van der Waals surface area contributed by atoms with Crippen molar-refractivity contribution in [2.75, 3.05) is 19.0 Å². The van der Waals surface area contributed by atoms with Crippen LogP contribution in [0.3, 0.4) is 0 Å². The first-order chi connectivity index (χ1) is 9.60. The second-order valence-electron chi connectivity index (χ2n) is 5.79. The summed E-state index contributed by atoms with van der Waals surface area (Å²) in [5, 5.41) is 18.1. The lowest BCUT2D eigenvalue weighted by atomic mass is 9.94. The zero-order valence-corrected chi connectivity index (χ0v) is 12.4. The van der Waals surface area contributed by atoms with Crippen molar-refractivity contribution in [2.24, 2.45) is 0 Å². The summed E-state index contributed by atoms with van der Waals surface area (Å²) in [6.45, 7) is 3.60. The Morgan fingerprint density at radius 2 is 2.35 bits per heavy atom. The van der Waals surface area contributed by atoms with Gasteiger partial charge in [-0.3, -0.25) is 9.36 Å². The molecule has 1 atom stereocenters. The molecular weight excluding hydrogens is 278 g/mol. The highest BCUT2D eigenvalue weighted by atomic mass is 32.2. The lowest BCUT2D eigenvalue weighted by molar-refractivity contribution is -0.133. The van der Waals surface area contributed by atoms with E-state index in [-0.39, 0.29) is 11.3 Å². The Hall–Kier alpha value is -1.08. The van der Waals surface area contributed by atoms with Crippen LogP contribution in [-0.4, -0.2) is 44.8 Å². The average Bonchev–Trinajstić information content (AvgIpc) is 3.17. The zero-order chi connectivity index (χ0) is 14.2. The number of aromatic nitrogens is 3. The molecule has 1 aromatic heterocycles. The number of carboxylic acid groups (broad SMARTS) is 1. The third-order valence-corrected chi connectivity index (χ3v) is 4.80. The maximum atomic E-state index is 10.8. The monoisotopic (exact) mass is 297 g/mol. The number of hydrogen-bond donors (Lipinski definition) is 1. The molecule has 1 aromatic rings. The van der Waals surface area contributed by atoms with E-state index in [0.29, 0.717) is 17.7 Å². The molecule has 2 heterocycles. The van der Waals surface area contributed by atoms with E-state index in [4.69, 9.17) is 9.84 Å². The van der Waals surface area contributed by atoms with Gasteiger partial charge in [-0.05, 0) is 32.6 Å². The number of hydrogen-bond acceptors (Lipinski definition) is 5. The van der Waals surface area contributed by atoms with Gasteiger partial charge in [-0.25, -0.2) is 0 Å². The van der Waals surface area contributed by atoms with Crippen molar-refractivity contribution >= 4 is 17.7 Å². The third-order valence-electron chi connectivity index (χ3n) is 3.88. The average molecular weight is 297 g/mol. The van der Waals surface area contributed by atoms with Crippen LogP contribution in [0.2, 0.25) is 0 Å². The molecule has 2 aliphatic rings. The minimum atomic E-state index is -0.831. The molecule has 7 heteroatoms. The number of rotatable bonds is 5. The Morgan fingerprint density at radius 1 is 1.55 bits per heavy atom. The number of nitrogens with zero attached hydrogens (tertiary/aromatic N) is 3. The Kier molecular flexibility index (Phi) is 3.72. The highest BCUT2D eigenvalue weighted by Gasteiger charge is 2.39. The largest absolute Gasteiger partial charge is 0.481 e. The predicted octanol–water partition coefficient (Wildman–Crippen LogP) is 1.86. The van der Waals surface area contributed by atoms with Gasteiger partial charge in [0, 0.05) is 12.5 Å². The lowest BCUT2D eigenvalue weighted by Gasteiger charge is -2.36. The Labute approximate surface area is 121 Å². The first-order valence-electron chi connectivity index (χ1n) is 6.98. The molecule has 0 bridgehead atoms. The maximum absolute atomic E-state index is 10.8. The van der Waals surface area contributed by atoms with E-state index in [1.54, 1.807) is 0 Å². The fraction of sp³-hybridized carbons (Fsp3) is 0.769. The molecule has 1 aliphatic heterocycles. The molecule has 0 amide bonds.